The van der Waals surface area contributed by atoms with Gasteiger partial charge in [0.1, 0.15) is 17.1 Å². The third-order valence-electron chi connectivity index (χ3n) is 6.47. The smallest absolute Gasteiger partial charge is 0.411 e. The van der Waals surface area contributed by atoms with E-state index < -0.39 is 30.7 Å². The molecule has 6 rings (SSSR count). The van der Waals surface area contributed by atoms with Crippen molar-refractivity contribution in [1.82, 2.24) is 29.9 Å². The Morgan fingerprint density at radius 1 is 0.344 bits per heavy atom. The standard InChI is InChI=1S/3C12H11N3O.3ClHO4.Co/c3*16-15-12(11-6-2-4-8-14-11)9-10-5-1-3-7-13-10;3*2-1(3,4)5;/h3*1-8,16H,9H2;3*(H,2,3,4,5);/q;;;;;;+3/p-3/b3*15-12+;;;;. The molecule has 0 atom stereocenters. The molecule has 342 valence electrons. The van der Waals surface area contributed by atoms with Crippen LogP contribution in [0, 0.1) is 30.7 Å². The second-order valence-corrected chi connectivity index (χ2v) is 13.2. The van der Waals surface area contributed by atoms with Gasteiger partial charge in [-0.25, -0.2) is 55.9 Å². The summed E-state index contributed by atoms with van der Waals surface area (Å²) in [6.45, 7) is 0. The van der Waals surface area contributed by atoms with E-state index in [9.17, 15) is 0 Å². The van der Waals surface area contributed by atoms with E-state index >= 15 is 0 Å². The molecule has 0 aliphatic carbocycles. The van der Waals surface area contributed by atoms with Crippen molar-refractivity contribution in [2.24, 2.45) is 15.5 Å². The Kier molecular flexibility index (Phi) is 29.1. The fourth-order valence-corrected chi connectivity index (χ4v) is 4.15. The molecular formula is C36H33Cl3CoN9O15. The van der Waals surface area contributed by atoms with E-state index in [0.29, 0.717) is 53.5 Å². The Labute approximate surface area is 379 Å². The molecular weight excluding hydrogens is 964 g/mol. The van der Waals surface area contributed by atoms with E-state index in [1.807, 2.05) is 91.0 Å². The maximum Gasteiger partial charge on any atom is 3.00 e. The molecule has 0 aliphatic heterocycles. The molecule has 0 saturated heterocycles. The Morgan fingerprint density at radius 3 is 0.672 bits per heavy atom. The molecule has 0 saturated carbocycles. The molecule has 0 radical (unpaired) electrons. The van der Waals surface area contributed by atoms with Crippen molar-refractivity contribution in [3.8, 4) is 0 Å². The number of aromatic nitrogens is 6. The fraction of sp³-hybridized carbons (Fsp3) is 0.0833. The van der Waals surface area contributed by atoms with Crippen molar-refractivity contribution in [3.63, 3.8) is 0 Å². The molecule has 0 aromatic carbocycles. The van der Waals surface area contributed by atoms with Crippen molar-refractivity contribution in [2.45, 2.75) is 19.3 Å². The van der Waals surface area contributed by atoms with Crippen LogP contribution in [0.3, 0.4) is 0 Å². The van der Waals surface area contributed by atoms with E-state index in [1.54, 1.807) is 55.4 Å². The van der Waals surface area contributed by atoms with E-state index in [4.69, 9.17) is 71.5 Å². The van der Waals surface area contributed by atoms with Crippen molar-refractivity contribution in [2.75, 3.05) is 0 Å². The Hall–Kier alpha value is -5.79. The molecule has 0 aliphatic rings. The topological polar surface area (TPSA) is 452 Å². The van der Waals surface area contributed by atoms with Gasteiger partial charge in [-0.15, -0.1) is 30.7 Å². The summed E-state index contributed by atoms with van der Waals surface area (Å²) in [5, 5.41) is 36.7. The molecule has 6 heterocycles. The number of halogens is 3. The zero-order valence-corrected chi connectivity index (χ0v) is 35.5. The van der Waals surface area contributed by atoms with E-state index in [2.05, 4.69) is 45.4 Å². The quantitative estimate of drug-likeness (QED) is 0.0688. The number of rotatable bonds is 9. The number of hydrogen-bond acceptors (Lipinski definition) is 24. The number of nitrogens with zero attached hydrogens (tertiary/aromatic N) is 9. The van der Waals surface area contributed by atoms with Crippen LogP contribution in [0.4, 0.5) is 0 Å². The van der Waals surface area contributed by atoms with Gasteiger partial charge in [-0.2, -0.15) is 0 Å². The molecule has 6 aromatic rings. The first-order chi connectivity index (χ1) is 29.7. The van der Waals surface area contributed by atoms with Crippen LogP contribution in [0.15, 0.2) is 162 Å². The largest absolute Gasteiger partial charge is 3.00 e. The summed E-state index contributed by atoms with van der Waals surface area (Å²) in [5.41, 5.74) is 6.07. The molecule has 3 N–H and O–H groups in total. The van der Waals surface area contributed by atoms with Crippen LogP contribution >= 0.6 is 0 Å². The summed E-state index contributed by atoms with van der Waals surface area (Å²) in [6.07, 6.45) is 11.5. The minimum Gasteiger partial charge on any atom is -0.411 e. The average Bonchev–Trinajstić information content (AvgIpc) is 3.24. The van der Waals surface area contributed by atoms with Gasteiger partial charge in [0.25, 0.3) is 0 Å². The molecule has 0 unspecified atom stereocenters. The summed E-state index contributed by atoms with van der Waals surface area (Å²) >= 11 is 0. The van der Waals surface area contributed by atoms with Crippen LogP contribution in [-0.4, -0.2) is 62.7 Å². The SMILES string of the molecule is O/N=C(\Cc1ccccn1)c1ccccn1.O/N=C(\Cc1ccccn1)c1ccccn1.O/N=C(\Cc1ccccn1)c1ccccn1.[Co+3].[O-][Cl+3]([O-])([O-])[O-].[O-][Cl+3]([O-])([O-])[O-].[O-][Cl+3]([O-])([O-])[O-]. The van der Waals surface area contributed by atoms with Gasteiger partial charge < -0.3 is 15.6 Å². The summed E-state index contributed by atoms with van der Waals surface area (Å²) in [6, 6.07) is 33.3. The van der Waals surface area contributed by atoms with Crippen LogP contribution in [0.5, 0.6) is 0 Å². The van der Waals surface area contributed by atoms with Crippen molar-refractivity contribution < 1.29 is 119 Å². The molecule has 0 spiro atoms. The number of pyridine rings is 6. The summed E-state index contributed by atoms with van der Waals surface area (Å²) in [4.78, 5) is 24.9. The first-order valence-corrected chi connectivity index (χ1v) is 20.3. The summed E-state index contributed by atoms with van der Waals surface area (Å²) < 4.78 is 102. The van der Waals surface area contributed by atoms with Gasteiger partial charge >= 0.3 is 16.8 Å². The zero-order valence-electron chi connectivity index (χ0n) is 32.2. The fourth-order valence-electron chi connectivity index (χ4n) is 4.15. The average molecular weight is 997 g/mol. The molecule has 64 heavy (non-hydrogen) atoms. The van der Waals surface area contributed by atoms with E-state index in [1.165, 1.54) is 0 Å². The second-order valence-electron chi connectivity index (χ2n) is 10.9. The number of oxime groups is 3. The van der Waals surface area contributed by atoms with Gasteiger partial charge in [0.05, 0.1) is 17.1 Å². The minimum atomic E-state index is -4.94. The van der Waals surface area contributed by atoms with Gasteiger partial charge in [-0.05, 0) is 72.8 Å². The van der Waals surface area contributed by atoms with Gasteiger partial charge in [0, 0.05) is 73.5 Å². The van der Waals surface area contributed by atoms with E-state index in [-0.39, 0.29) is 16.8 Å². The van der Waals surface area contributed by atoms with Gasteiger partial charge in [0.15, 0.2) is 0 Å². The molecule has 0 amide bonds. The monoisotopic (exact) mass is 995 g/mol. The zero-order chi connectivity index (χ0) is 47.2. The van der Waals surface area contributed by atoms with Crippen LogP contribution in [-0.2, 0) is 36.0 Å². The van der Waals surface area contributed by atoms with Crippen LogP contribution in [0.25, 0.3) is 0 Å². The Morgan fingerprint density at radius 2 is 0.531 bits per heavy atom. The molecule has 0 bridgehead atoms. The summed E-state index contributed by atoms with van der Waals surface area (Å²) in [7, 11) is -14.8. The Bertz CT molecular complexity index is 1920. The number of hydrogen-bond donors (Lipinski definition) is 3. The minimum absolute atomic E-state index is 0. The van der Waals surface area contributed by atoms with Crippen LogP contribution in [0.1, 0.15) is 34.2 Å². The van der Waals surface area contributed by atoms with Crippen LogP contribution in [0.2, 0.25) is 0 Å². The van der Waals surface area contributed by atoms with Crippen LogP contribution < -0.4 is 55.9 Å². The van der Waals surface area contributed by atoms with Crippen molar-refractivity contribution in [1.29, 1.82) is 0 Å². The maximum atomic E-state index is 8.96. The normalized spacial score (nSPS) is 11.3. The van der Waals surface area contributed by atoms with Gasteiger partial charge in [-0.3, -0.25) is 29.9 Å². The summed E-state index contributed by atoms with van der Waals surface area (Å²) in [5.74, 6) is 0. The van der Waals surface area contributed by atoms with Crippen molar-refractivity contribution in [3.05, 3.63) is 181 Å². The molecule has 28 heteroatoms. The van der Waals surface area contributed by atoms with Crippen molar-refractivity contribution >= 4 is 17.1 Å². The second kappa shape index (κ2) is 32.0. The third-order valence-corrected chi connectivity index (χ3v) is 6.47. The first-order valence-electron chi connectivity index (χ1n) is 16.6. The van der Waals surface area contributed by atoms with E-state index in [0.717, 1.165) is 17.1 Å². The first kappa shape index (κ1) is 58.2. The predicted molar refractivity (Wildman–Crippen MR) is 182 cm³/mol. The van der Waals surface area contributed by atoms with Gasteiger partial charge in [-0.1, -0.05) is 51.9 Å². The maximum absolute atomic E-state index is 8.96. The molecule has 6 aromatic heterocycles. The molecule has 24 nitrogen and oxygen atoms in total. The van der Waals surface area contributed by atoms with Gasteiger partial charge in [0.2, 0.25) is 0 Å². The molecule has 0 fully saturated rings. The Balaban J connectivity index is 0.000000798. The predicted octanol–water partition coefficient (Wildman–Crippen LogP) is -8.58. The third kappa shape index (κ3) is 32.9.